The highest BCUT2D eigenvalue weighted by Gasteiger charge is 2.22. The summed E-state index contributed by atoms with van der Waals surface area (Å²) >= 11 is 0. The number of piperidine rings is 1. The molecule has 1 fully saturated rings. The number of amides is 2. The second kappa shape index (κ2) is 8.92. The summed E-state index contributed by atoms with van der Waals surface area (Å²) in [4.78, 5) is 25.3. The predicted octanol–water partition coefficient (Wildman–Crippen LogP) is -0.312. The summed E-state index contributed by atoms with van der Waals surface area (Å²) in [7, 11) is 1.65. The molecule has 116 valence electrons. The lowest BCUT2D eigenvalue weighted by Gasteiger charge is -2.32. The lowest BCUT2D eigenvalue weighted by molar-refractivity contribution is -0.124. The van der Waals surface area contributed by atoms with Crippen molar-refractivity contribution in [2.24, 2.45) is 11.7 Å². The van der Waals surface area contributed by atoms with Crippen LogP contribution in [-0.4, -0.2) is 56.0 Å². The third-order valence-electron chi connectivity index (χ3n) is 3.98. The van der Waals surface area contributed by atoms with E-state index in [1.165, 1.54) is 0 Å². The third-order valence-corrected chi connectivity index (χ3v) is 3.98. The molecular formula is C14H28N4O2. The van der Waals surface area contributed by atoms with Crippen molar-refractivity contribution in [3.63, 3.8) is 0 Å². The normalized spacial score (nSPS) is 18.6. The van der Waals surface area contributed by atoms with Crippen LogP contribution < -0.4 is 16.4 Å². The smallest absolute Gasteiger partial charge is 0.233 e. The maximum absolute atomic E-state index is 11.9. The Morgan fingerprint density at radius 1 is 1.30 bits per heavy atom. The zero-order valence-corrected chi connectivity index (χ0v) is 12.7. The summed E-state index contributed by atoms with van der Waals surface area (Å²) in [6.45, 7) is 4.78. The fourth-order valence-corrected chi connectivity index (χ4v) is 2.46. The molecule has 1 unspecified atom stereocenters. The van der Waals surface area contributed by atoms with Crippen LogP contribution in [0.1, 0.15) is 32.6 Å². The molecule has 20 heavy (non-hydrogen) atoms. The largest absolute Gasteiger partial charge is 0.358 e. The molecule has 1 heterocycles. The molecule has 1 rings (SSSR count). The topological polar surface area (TPSA) is 87.5 Å². The van der Waals surface area contributed by atoms with Crippen molar-refractivity contribution < 1.29 is 9.59 Å². The number of nitrogens with two attached hydrogens (primary N) is 1. The van der Waals surface area contributed by atoms with Gasteiger partial charge in [-0.2, -0.15) is 0 Å². The first-order chi connectivity index (χ1) is 9.58. The highest BCUT2D eigenvalue weighted by Crippen LogP contribution is 2.11. The maximum Gasteiger partial charge on any atom is 0.233 e. The average molecular weight is 284 g/mol. The second-order valence-corrected chi connectivity index (χ2v) is 5.51. The van der Waals surface area contributed by atoms with Crippen LogP contribution in [0.4, 0.5) is 0 Å². The van der Waals surface area contributed by atoms with Crippen molar-refractivity contribution in [1.82, 2.24) is 15.5 Å². The van der Waals surface area contributed by atoms with Gasteiger partial charge in [0.05, 0.1) is 6.54 Å². The van der Waals surface area contributed by atoms with Gasteiger partial charge in [-0.3, -0.25) is 14.5 Å². The minimum Gasteiger partial charge on any atom is -0.358 e. The quantitative estimate of drug-likeness (QED) is 0.598. The first kappa shape index (κ1) is 16.9. The fourth-order valence-electron chi connectivity index (χ4n) is 2.46. The zero-order valence-electron chi connectivity index (χ0n) is 12.7. The monoisotopic (exact) mass is 284 g/mol. The van der Waals surface area contributed by atoms with Crippen LogP contribution in [0.5, 0.6) is 0 Å². The Bertz CT molecular complexity index is 310. The number of rotatable bonds is 7. The van der Waals surface area contributed by atoms with E-state index in [1.807, 2.05) is 0 Å². The van der Waals surface area contributed by atoms with Gasteiger partial charge in [0.1, 0.15) is 0 Å². The van der Waals surface area contributed by atoms with Crippen LogP contribution in [0.25, 0.3) is 0 Å². The molecule has 6 nitrogen and oxygen atoms in total. The molecule has 2 amide bonds. The number of likely N-dealkylation sites (tertiary alicyclic amines) is 1. The molecule has 1 aliphatic heterocycles. The Kier molecular flexibility index (Phi) is 7.54. The van der Waals surface area contributed by atoms with Crippen molar-refractivity contribution in [2.45, 2.75) is 38.6 Å². The van der Waals surface area contributed by atoms with E-state index >= 15 is 0 Å². The van der Waals surface area contributed by atoms with E-state index < -0.39 is 0 Å². The first-order valence-corrected chi connectivity index (χ1v) is 7.51. The summed E-state index contributed by atoms with van der Waals surface area (Å²) in [5.74, 6) is 0.427. The van der Waals surface area contributed by atoms with E-state index in [2.05, 4.69) is 22.5 Å². The van der Waals surface area contributed by atoms with Crippen molar-refractivity contribution in [1.29, 1.82) is 0 Å². The summed E-state index contributed by atoms with van der Waals surface area (Å²) in [6.07, 6.45) is 3.27. The molecular weight excluding hydrogens is 256 g/mol. The summed E-state index contributed by atoms with van der Waals surface area (Å²) in [5, 5.41) is 5.71. The Labute approximate surface area is 121 Å². The van der Waals surface area contributed by atoms with E-state index in [9.17, 15) is 9.59 Å². The van der Waals surface area contributed by atoms with Gasteiger partial charge in [0.15, 0.2) is 0 Å². The third kappa shape index (κ3) is 5.88. The first-order valence-electron chi connectivity index (χ1n) is 7.51. The standard InChI is InChI=1S/C14H28N4O2/c1-3-11(9-15)8-13(19)17-12-4-6-18(7-5-12)10-14(20)16-2/h11-12H,3-10,15H2,1-2H3,(H,16,20)(H,17,19). The molecule has 4 N–H and O–H groups in total. The van der Waals surface area contributed by atoms with Crippen LogP contribution in [0.2, 0.25) is 0 Å². The van der Waals surface area contributed by atoms with Gasteiger partial charge >= 0.3 is 0 Å². The average Bonchev–Trinajstić information content (AvgIpc) is 2.46. The van der Waals surface area contributed by atoms with Crippen molar-refractivity contribution in [3.8, 4) is 0 Å². The van der Waals surface area contributed by atoms with Gasteiger partial charge in [0, 0.05) is 32.6 Å². The molecule has 0 aromatic heterocycles. The molecule has 0 bridgehead atoms. The van der Waals surface area contributed by atoms with Gasteiger partial charge in [-0.05, 0) is 25.3 Å². The molecule has 0 radical (unpaired) electrons. The minimum absolute atomic E-state index is 0.0428. The summed E-state index contributed by atoms with van der Waals surface area (Å²) < 4.78 is 0. The molecule has 1 aliphatic rings. The zero-order chi connectivity index (χ0) is 15.0. The predicted molar refractivity (Wildman–Crippen MR) is 79.1 cm³/mol. The van der Waals surface area contributed by atoms with Gasteiger partial charge < -0.3 is 16.4 Å². The van der Waals surface area contributed by atoms with Gasteiger partial charge in [0.25, 0.3) is 0 Å². The number of nitrogens with one attached hydrogen (secondary N) is 2. The SMILES string of the molecule is CCC(CN)CC(=O)NC1CCN(CC(=O)NC)CC1. The minimum atomic E-state index is 0.0428. The Morgan fingerprint density at radius 2 is 1.95 bits per heavy atom. The lowest BCUT2D eigenvalue weighted by Crippen LogP contribution is -2.47. The molecule has 0 aliphatic carbocycles. The maximum atomic E-state index is 11.9. The number of likely N-dealkylation sites (N-methyl/N-ethyl adjacent to an activating group) is 1. The van der Waals surface area contributed by atoms with Crippen molar-refractivity contribution in [2.75, 3.05) is 33.2 Å². The highest BCUT2D eigenvalue weighted by atomic mass is 16.2. The van der Waals surface area contributed by atoms with E-state index in [0.717, 1.165) is 32.4 Å². The van der Waals surface area contributed by atoms with E-state index in [0.29, 0.717) is 19.5 Å². The van der Waals surface area contributed by atoms with E-state index in [4.69, 9.17) is 5.73 Å². The van der Waals surface area contributed by atoms with Crippen LogP contribution in [0.15, 0.2) is 0 Å². The molecule has 0 spiro atoms. The number of hydrogen-bond acceptors (Lipinski definition) is 4. The Morgan fingerprint density at radius 3 is 2.45 bits per heavy atom. The molecule has 0 aromatic rings. The molecule has 0 saturated carbocycles. The van der Waals surface area contributed by atoms with Crippen LogP contribution >= 0.6 is 0 Å². The molecule has 1 saturated heterocycles. The molecule has 0 aromatic carbocycles. The van der Waals surface area contributed by atoms with Gasteiger partial charge in [-0.15, -0.1) is 0 Å². The highest BCUT2D eigenvalue weighted by molar-refractivity contribution is 5.77. The van der Waals surface area contributed by atoms with E-state index in [1.54, 1.807) is 7.05 Å². The van der Waals surface area contributed by atoms with E-state index in [-0.39, 0.29) is 23.8 Å². The number of hydrogen-bond donors (Lipinski definition) is 3. The Balaban J connectivity index is 2.25. The molecule has 6 heteroatoms. The van der Waals surface area contributed by atoms with Gasteiger partial charge in [0.2, 0.25) is 11.8 Å². The summed E-state index contributed by atoms with van der Waals surface area (Å²) in [6, 6.07) is 0.235. The number of carbonyl (C=O) groups is 2. The van der Waals surface area contributed by atoms with Gasteiger partial charge in [-0.1, -0.05) is 13.3 Å². The van der Waals surface area contributed by atoms with Crippen LogP contribution in [-0.2, 0) is 9.59 Å². The Hall–Kier alpha value is -1.14. The number of carbonyl (C=O) groups excluding carboxylic acids is 2. The summed E-state index contributed by atoms with van der Waals surface area (Å²) in [5.41, 5.74) is 5.62. The van der Waals surface area contributed by atoms with Crippen molar-refractivity contribution in [3.05, 3.63) is 0 Å². The fraction of sp³-hybridized carbons (Fsp3) is 0.857. The van der Waals surface area contributed by atoms with Crippen LogP contribution in [0, 0.1) is 5.92 Å². The lowest BCUT2D eigenvalue weighted by atomic mass is 10.0. The molecule has 1 atom stereocenters. The number of nitrogens with zero attached hydrogens (tertiary/aromatic N) is 1. The van der Waals surface area contributed by atoms with Crippen molar-refractivity contribution >= 4 is 11.8 Å². The van der Waals surface area contributed by atoms with Crippen LogP contribution in [0.3, 0.4) is 0 Å². The van der Waals surface area contributed by atoms with Gasteiger partial charge in [-0.25, -0.2) is 0 Å². The second-order valence-electron chi connectivity index (χ2n) is 5.51.